The molecule has 0 aromatic heterocycles. The number of nitrogens with one attached hydrogen (secondary N) is 2. The zero-order valence-corrected chi connectivity index (χ0v) is 32.2. The van der Waals surface area contributed by atoms with Gasteiger partial charge in [-0.3, -0.25) is 24.1 Å². The maximum absolute atomic E-state index is 14.2. The van der Waals surface area contributed by atoms with Crippen molar-refractivity contribution in [1.29, 1.82) is 0 Å². The van der Waals surface area contributed by atoms with Crippen molar-refractivity contribution in [2.24, 2.45) is 11.3 Å². The van der Waals surface area contributed by atoms with Crippen molar-refractivity contribution >= 4 is 41.4 Å². The SMILES string of the molecule is CCOC(=O)[C@@H](CCSC)NC(=O)[C@@H]1CCCN1C(=O)/C(C)=C/[C@H](C(C)C)N(C)C(=O)[C@@H](NC(=O)[C@H]1CCCCN1C(C)C)C(C)(C)C. The van der Waals surface area contributed by atoms with Crippen LogP contribution in [0, 0.1) is 11.3 Å². The van der Waals surface area contributed by atoms with Crippen LogP contribution in [0.25, 0.3) is 0 Å². The highest BCUT2D eigenvalue weighted by atomic mass is 32.2. The van der Waals surface area contributed by atoms with Crippen molar-refractivity contribution < 1.29 is 28.7 Å². The summed E-state index contributed by atoms with van der Waals surface area (Å²) in [4.78, 5) is 73.0. The molecule has 0 aliphatic carbocycles. The fourth-order valence-electron chi connectivity index (χ4n) is 6.67. The zero-order chi connectivity index (χ0) is 36.3. The van der Waals surface area contributed by atoms with Gasteiger partial charge in [0.15, 0.2) is 0 Å². The number of ether oxygens (including phenoxy) is 1. The molecule has 2 aliphatic heterocycles. The van der Waals surface area contributed by atoms with E-state index < -0.39 is 35.6 Å². The predicted molar refractivity (Wildman–Crippen MR) is 192 cm³/mol. The highest BCUT2D eigenvalue weighted by molar-refractivity contribution is 7.98. The predicted octanol–water partition coefficient (Wildman–Crippen LogP) is 4.00. The highest BCUT2D eigenvalue weighted by Crippen LogP contribution is 2.27. The van der Waals surface area contributed by atoms with Gasteiger partial charge in [-0.2, -0.15) is 11.8 Å². The molecule has 0 saturated carbocycles. The Kier molecular flexibility index (Phi) is 16.4. The lowest BCUT2D eigenvalue weighted by atomic mass is 9.84. The minimum absolute atomic E-state index is 0.0350. The van der Waals surface area contributed by atoms with Crippen molar-refractivity contribution in [3.8, 4) is 0 Å². The van der Waals surface area contributed by atoms with E-state index in [1.165, 1.54) is 0 Å². The van der Waals surface area contributed by atoms with Gasteiger partial charge >= 0.3 is 5.97 Å². The number of carbonyl (C=O) groups is 5. The quantitative estimate of drug-likeness (QED) is 0.195. The first-order valence-corrected chi connectivity index (χ1v) is 19.1. The van der Waals surface area contributed by atoms with E-state index in [9.17, 15) is 24.0 Å². The minimum Gasteiger partial charge on any atom is -0.464 e. The Bertz CT molecular complexity index is 1150. The second kappa shape index (κ2) is 19.0. The number of rotatable bonds is 15. The van der Waals surface area contributed by atoms with Gasteiger partial charge in [-0.1, -0.05) is 47.1 Å². The van der Waals surface area contributed by atoms with Crippen LogP contribution in [0.5, 0.6) is 0 Å². The summed E-state index contributed by atoms with van der Waals surface area (Å²) in [7, 11) is 1.73. The monoisotopic (exact) mass is 693 g/mol. The standard InChI is InChI=1S/C36H63N5O6S/c1-12-47-35(46)26(18-21-48-11)37-31(42)28-17-15-20-41(28)33(44)25(6)22-29(23(2)3)39(10)34(45)30(36(7,8)9)38-32(43)27-16-13-14-19-40(27)24(4)5/h22-24,26-30H,12-21H2,1-11H3,(H,37,42)(H,38,43)/b25-22+/t26-,27-,28+,29-,30-/m1/s1. The van der Waals surface area contributed by atoms with E-state index in [0.717, 1.165) is 25.8 Å². The third kappa shape index (κ3) is 11.2. The number of piperidine rings is 1. The van der Waals surface area contributed by atoms with E-state index in [-0.39, 0.29) is 48.2 Å². The van der Waals surface area contributed by atoms with Gasteiger partial charge in [-0.05, 0) is 89.7 Å². The highest BCUT2D eigenvalue weighted by Gasteiger charge is 2.41. The first kappa shape index (κ1) is 41.6. The number of amides is 4. The molecule has 0 aromatic carbocycles. The van der Waals surface area contributed by atoms with Gasteiger partial charge < -0.3 is 25.2 Å². The third-order valence-corrected chi connectivity index (χ3v) is 10.1. The second-order valence-corrected chi connectivity index (χ2v) is 15.9. The van der Waals surface area contributed by atoms with E-state index in [4.69, 9.17) is 4.74 Å². The number of thioether (sulfide) groups is 1. The van der Waals surface area contributed by atoms with Crippen molar-refractivity contribution in [3.63, 3.8) is 0 Å². The molecule has 2 aliphatic rings. The van der Waals surface area contributed by atoms with Gasteiger partial charge in [0.05, 0.1) is 18.7 Å². The maximum atomic E-state index is 14.2. The van der Waals surface area contributed by atoms with Crippen LogP contribution < -0.4 is 10.6 Å². The number of likely N-dealkylation sites (N-methyl/N-ethyl adjacent to an activating group) is 1. The van der Waals surface area contributed by atoms with E-state index in [0.29, 0.717) is 37.1 Å². The number of likely N-dealkylation sites (tertiary alicyclic amines) is 2. The Hall–Kier alpha value is -2.60. The molecule has 4 amide bonds. The van der Waals surface area contributed by atoms with Gasteiger partial charge in [-0.15, -0.1) is 0 Å². The average molecular weight is 694 g/mol. The Balaban J connectivity index is 2.26. The van der Waals surface area contributed by atoms with Gasteiger partial charge in [0.25, 0.3) is 0 Å². The fraction of sp³-hybridized carbons (Fsp3) is 0.806. The zero-order valence-electron chi connectivity index (χ0n) is 31.4. The molecule has 0 bridgehead atoms. The van der Waals surface area contributed by atoms with Gasteiger partial charge in [0.2, 0.25) is 23.6 Å². The molecule has 0 radical (unpaired) electrons. The number of carbonyl (C=O) groups excluding carboxylic acids is 5. The first-order valence-electron chi connectivity index (χ1n) is 17.7. The lowest BCUT2D eigenvalue weighted by Crippen LogP contribution is -2.60. The molecule has 0 aromatic rings. The van der Waals surface area contributed by atoms with Crippen LogP contribution in [0.4, 0.5) is 0 Å². The summed E-state index contributed by atoms with van der Waals surface area (Å²) in [5, 5.41) is 5.96. The fourth-order valence-corrected chi connectivity index (χ4v) is 7.15. The summed E-state index contributed by atoms with van der Waals surface area (Å²) >= 11 is 1.58. The van der Waals surface area contributed by atoms with Crippen molar-refractivity contribution in [1.82, 2.24) is 25.3 Å². The van der Waals surface area contributed by atoms with Crippen molar-refractivity contribution in [2.75, 3.05) is 38.8 Å². The molecular weight excluding hydrogens is 630 g/mol. The molecule has 2 N–H and O–H groups in total. The van der Waals surface area contributed by atoms with Crippen LogP contribution in [-0.4, -0.2) is 119 Å². The molecule has 274 valence electrons. The lowest BCUT2D eigenvalue weighted by molar-refractivity contribution is -0.148. The van der Waals surface area contributed by atoms with E-state index in [2.05, 4.69) is 29.4 Å². The lowest BCUT2D eigenvalue weighted by Gasteiger charge is -2.41. The molecule has 0 unspecified atom stereocenters. The Morgan fingerprint density at radius 1 is 0.958 bits per heavy atom. The van der Waals surface area contributed by atoms with Crippen LogP contribution in [0.15, 0.2) is 11.6 Å². The summed E-state index contributed by atoms with van der Waals surface area (Å²) in [6, 6.07) is -2.71. The van der Waals surface area contributed by atoms with Crippen molar-refractivity contribution in [3.05, 3.63) is 11.6 Å². The first-order chi connectivity index (χ1) is 22.5. The Morgan fingerprint density at radius 3 is 2.15 bits per heavy atom. The molecule has 48 heavy (non-hydrogen) atoms. The summed E-state index contributed by atoms with van der Waals surface area (Å²) in [5.74, 6) is -0.802. The number of nitrogens with zero attached hydrogens (tertiary/aromatic N) is 3. The molecule has 2 saturated heterocycles. The number of hydrogen-bond donors (Lipinski definition) is 2. The second-order valence-electron chi connectivity index (χ2n) is 14.9. The molecule has 0 spiro atoms. The number of esters is 1. The molecule has 12 heteroatoms. The van der Waals surface area contributed by atoms with Gasteiger partial charge in [-0.25, -0.2) is 4.79 Å². The van der Waals surface area contributed by atoms with E-state index in [1.54, 1.807) is 48.5 Å². The van der Waals surface area contributed by atoms with Crippen LogP contribution in [0.3, 0.4) is 0 Å². The summed E-state index contributed by atoms with van der Waals surface area (Å²) in [5.41, 5.74) is -0.120. The van der Waals surface area contributed by atoms with Crippen LogP contribution in [0.2, 0.25) is 0 Å². The summed E-state index contributed by atoms with van der Waals surface area (Å²) in [6.45, 7) is 19.0. The molecule has 11 nitrogen and oxygen atoms in total. The maximum Gasteiger partial charge on any atom is 0.328 e. The largest absolute Gasteiger partial charge is 0.464 e. The van der Waals surface area contributed by atoms with Crippen LogP contribution in [0.1, 0.15) is 101 Å². The van der Waals surface area contributed by atoms with Crippen LogP contribution >= 0.6 is 11.8 Å². The van der Waals surface area contributed by atoms with E-state index in [1.807, 2.05) is 40.9 Å². The molecular formula is C36H63N5O6S. The van der Waals surface area contributed by atoms with Crippen LogP contribution in [-0.2, 0) is 28.7 Å². The minimum atomic E-state index is -0.771. The summed E-state index contributed by atoms with van der Waals surface area (Å²) < 4.78 is 5.18. The smallest absolute Gasteiger partial charge is 0.328 e. The molecule has 5 atom stereocenters. The third-order valence-electron chi connectivity index (χ3n) is 9.46. The number of hydrogen-bond acceptors (Lipinski definition) is 8. The summed E-state index contributed by atoms with van der Waals surface area (Å²) in [6.07, 6.45) is 8.14. The van der Waals surface area contributed by atoms with Gasteiger partial charge in [0.1, 0.15) is 18.1 Å². The molecule has 2 fully saturated rings. The van der Waals surface area contributed by atoms with Gasteiger partial charge in [0, 0.05) is 25.2 Å². The van der Waals surface area contributed by atoms with Crippen molar-refractivity contribution in [2.45, 2.75) is 137 Å². The Morgan fingerprint density at radius 2 is 1.58 bits per heavy atom. The normalized spacial score (nSPS) is 21.1. The Labute approximate surface area is 293 Å². The topological polar surface area (TPSA) is 128 Å². The average Bonchev–Trinajstić information content (AvgIpc) is 3.52. The molecule has 2 heterocycles. The molecule has 2 rings (SSSR count). The van der Waals surface area contributed by atoms with E-state index >= 15 is 0 Å².